The van der Waals surface area contributed by atoms with Gasteiger partial charge in [0.15, 0.2) is 11.6 Å². The molecule has 10 rings (SSSR count). The molecule has 0 unspecified atom stereocenters. The van der Waals surface area contributed by atoms with E-state index in [1.807, 2.05) is 18.2 Å². The average Bonchev–Trinajstić information content (AvgIpc) is 3.72. The van der Waals surface area contributed by atoms with Crippen molar-refractivity contribution in [2.45, 2.75) is 0 Å². The maximum atomic E-state index is 5.36. The molecule has 0 aliphatic carbocycles. The molecule has 0 fully saturated rings. The molecule has 50 heavy (non-hydrogen) atoms. The Morgan fingerprint density at radius 2 is 0.800 bits per heavy atom. The lowest BCUT2D eigenvalue weighted by Crippen LogP contribution is -2.08. The molecular formula is C45H29N5. The van der Waals surface area contributed by atoms with Gasteiger partial charge in [-0.25, -0.2) is 4.98 Å². The van der Waals surface area contributed by atoms with Gasteiger partial charge in [-0.05, 0) is 35.9 Å². The normalized spacial score (nSPS) is 11.6. The number of hydrogen-bond donors (Lipinski definition) is 0. The van der Waals surface area contributed by atoms with Crippen LogP contribution in [0.4, 0.5) is 0 Å². The van der Waals surface area contributed by atoms with E-state index >= 15 is 0 Å². The Morgan fingerprint density at radius 1 is 0.320 bits per heavy atom. The predicted octanol–water partition coefficient (Wildman–Crippen LogP) is 11.1. The van der Waals surface area contributed by atoms with Crippen LogP contribution in [-0.2, 0) is 0 Å². The number of aromatic nitrogens is 5. The molecule has 10 aromatic rings. The summed E-state index contributed by atoms with van der Waals surface area (Å²) >= 11 is 0. The number of rotatable bonds is 5. The second kappa shape index (κ2) is 11.4. The van der Waals surface area contributed by atoms with Gasteiger partial charge in [0.1, 0.15) is 0 Å². The van der Waals surface area contributed by atoms with E-state index in [2.05, 4.69) is 167 Å². The highest BCUT2D eigenvalue weighted by Gasteiger charge is 2.22. The van der Waals surface area contributed by atoms with Crippen LogP contribution in [0.25, 0.3) is 89.2 Å². The van der Waals surface area contributed by atoms with Crippen molar-refractivity contribution in [3.63, 3.8) is 0 Å². The monoisotopic (exact) mass is 639 g/mol. The Kier molecular flexibility index (Phi) is 6.42. The summed E-state index contributed by atoms with van der Waals surface area (Å²) in [5.41, 5.74) is 9.48. The Labute approximate surface area is 288 Å². The number of nitrogens with zero attached hydrogens (tertiary/aromatic N) is 5. The molecule has 0 saturated heterocycles. The topological polar surface area (TPSA) is 48.5 Å². The molecular weight excluding hydrogens is 611 g/mol. The van der Waals surface area contributed by atoms with E-state index in [-0.39, 0.29) is 0 Å². The molecule has 0 amide bonds. The van der Waals surface area contributed by atoms with Crippen LogP contribution in [0.15, 0.2) is 176 Å². The Morgan fingerprint density at radius 3 is 1.48 bits per heavy atom. The SMILES string of the molecule is c1ccc(-c2nc(-c3ccccc3-n3c4ccccc4c4ccccc43)nc(-n3c4ccccc4c4cccc(-c5ccccc5)c43)n2)cc1. The number of benzene rings is 7. The molecule has 3 aromatic heterocycles. The molecule has 0 aliphatic rings. The van der Waals surface area contributed by atoms with Crippen LogP contribution in [0.5, 0.6) is 0 Å². The molecule has 0 atom stereocenters. The smallest absolute Gasteiger partial charge is 0.238 e. The summed E-state index contributed by atoms with van der Waals surface area (Å²) in [7, 11) is 0. The van der Waals surface area contributed by atoms with Gasteiger partial charge < -0.3 is 4.57 Å². The molecule has 7 aromatic carbocycles. The average molecular weight is 640 g/mol. The van der Waals surface area contributed by atoms with Crippen molar-refractivity contribution in [3.8, 4) is 45.5 Å². The van der Waals surface area contributed by atoms with Crippen molar-refractivity contribution < 1.29 is 0 Å². The summed E-state index contributed by atoms with van der Waals surface area (Å²) in [5, 5.41) is 4.71. The maximum Gasteiger partial charge on any atom is 0.238 e. The molecule has 0 aliphatic heterocycles. The van der Waals surface area contributed by atoms with Gasteiger partial charge in [-0.15, -0.1) is 0 Å². The quantitative estimate of drug-likeness (QED) is 0.188. The third-order valence-electron chi connectivity index (χ3n) is 9.60. The highest BCUT2D eigenvalue weighted by Crippen LogP contribution is 2.39. The molecule has 234 valence electrons. The first-order chi connectivity index (χ1) is 24.8. The van der Waals surface area contributed by atoms with Gasteiger partial charge in [-0.2, -0.15) is 9.97 Å². The van der Waals surface area contributed by atoms with Crippen LogP contribution in [0.1, 0.15) is 0 Å². The minimum absolute atomic E-state index is 0.570. The summed E-state index contributed by atoms with van der Waals surface area (Å²) in [5.74, 6) is 1.79. The molecule has 0 N–H and O–H groups in total. The van der Waals surface area contributed by atoms with Crippen LogP contribution >= 0.6 is 0 Å². The van der Waals surface area contributed by atoms with E-state index in [0.29, 0.717) is 17.6 Å². The molecule has 0 saturated carbocycles. The second-order valence-corrected chi connectivity index (χ2v) is 12.5. The van der Waals surface area contributed by atoms with Crippen molar-refractivity contribution in [1.82, 2.24) is 24.1 Å². The third kappa shape index (κ3) is 4.37. The van der Waals surface area contributed by atoms with Crippen LogP contribution in [0.3, 0.4) is 0 Å². The largest absolute Gasteiger partial charge is 0.309 e. The van der Waals surface area contributed by atoms with Gasteiger partial charge in [0.2, 0.25) is 5.95 Å². The van der Waals surface area contributed by atoms with Gasteiger partial charge >= 0.3 is 0 Å². The zero-order chi connectivity index (χ0) is 33.0. The summed E-state index contributed by atoms with van der Waals surface area (Å²) in [6.07, 6.45) is 0. The third-order valence-corrected chi connectivity index (χ3v) is 9.60. The van der Waals surface area contributed by atoms with Crippen LogP contribution in [0.2, 0.25) is 0 Å². The number of hydrogen-bond acceptors (Lipinski definition) is 3. The molecule has 5 heteroatoms. The number of para-hydroxylation sites is 5. The van der Waals surface area contributed by atoms with Crippen LogP contribution in [0, 0.1) is 0 Å². The zero-order valence-corrected chi connectivity index (χ0v) is 27.0. The van der Waals surface area contributed by atoms with E-state index < -0.39 is 0 Å². The van der Waals surface area contributed by atoms with Crippen molar-refractivity contribution in [2.24, 2.45) is 0 Å². The fourth-order valence-electron chi connectivity index (χ4n) is 7.42. The van der Waals surface area contributed by atoms with E-state index in [0.717, 1.165) is 60.8 Å². The van der Waals surface area contributed by atoms with Crippen molar-refractivity contribution in [1.29, 1.82) is 0 Å². The highest BCUT2D eigenvalue weighted by atomic mass is 15.2. The highest BCUT2D eigenvalue weighted by molar-refractivity contribution is 6.13. The first-order valence-corrected chi connectivity index (χ1v) is 16.8. The summed E-state index contributed by atoms with van der Waals surface area (Å²) in [4.78, 5) is 15.8. The lowest BCUT2D eigenvalue weighted by atomic mass is 10.0. The van der Waals surface area contributed by atoms with Gasteiger partial charge in [0.25, 0.3) is 0 Å². The Bertz CT molecular complexity index is 2810. The standard InChI is InChI=1S/C45H29N5/c1-3-16-30(17-4-1)32-24-15-25-36-35-22-9-13-28-40(35)50(42(32)36)45-47-43(31-18-5-2-6-19-31)46-44(48-45)37-23-10-14-29-41(37)49-38-26-11-7-20-33(38)34-21-8-12-27-39(34)49/h1-29H. The molecule has 0 radical (unpaired) electrons. The van der Waals surface area contributed by atoms with Gasteiger partial charge in [-0.3, -0.25) is 4.57 Å². The minimum Gasteiger partial charge on any atom is -0.309 e. The van der Waals surface area contributed by atoms with Gasteiger partial charge in [0.05, 0.1) is 27.8 Å². The van der Waals surface area contributed by atoms with Gasteiger partial charge in [0, 0.05) is 38.2 Å². The fourth-order valence-corrected chi connectivity index (χ4v) is 7.42. The van der Waals surface area contributed by atoms with E-state index in [1.165, 1.54) is 10.8 Å². The predicted molar refractivity (Wildman–Crippen MR) is 205 cm³/mol. The van der Waals surface area contributed by atoms with E-state index in [4.69, 9.17) is 15.0 Å². The molecule has 0 bridgehead atoms. The number of fused-ring (bicyclic) bond motifs is 6. The zero-order valence-electron chi connectivity index (χ0n) is 27.0. The molecule has 0 spiro atoms. The summed E-state index contributed by atoms with van der Waals surface area (Å²) < 4.78 is 4.55. The van der Waals surface area contributed by atoms with Crippen LogP contribution < -0.4 is 0 Å². The first-order valence-electron chi connectivity index (χ1n) is 16.8. The Balaban J connectivity index is 1.30. The lowest BCUT2D eigenvalue weighted by molar-refractivity contribution is 0.952. The fraction of sp³-hybridized carbons (Fsp3) is 0. The first kappa shape index (κ1) is 28.2. The van der Waals surface area contributed by atoms with Crippen LogP contribution in [-0.4, -0.2) is 24.1 Å². The van der Waals surface area contributed by atoms with Crippen molar-refractivity contribution in [2.75, 3.05) is 0 Å². The molecule has 3 heterocycles. The summed E-state index contributed by atoms with van der Waals surface area (Å²) in [6, 6.07) is 61.3. The summed E-state index contributed by atoms with van der Waals surface area (Å²) in [6.45, 7) is 0. The van der Waals surface area contributed by atoms with E-state index in [1.54, 1.807) is 0 Å². The molecule has 5 nitrogen and oxygen atoms in total. The minimum atomic E-state index is 0.570. The van der Waals surface area contributed by atoms with Gasteiger partial charge in [-0.1, -0.05) is 146 Å². The van der Waals surface area contributed by atoms with E-state index in [9.17, 15) is 0 Å². The second-order valence-electron chi connectivity index (χ2n) is 12.5. The lowest BCUT2D eigenvalue weighted by Gasteiger charge is -2.15. The van der Waals surface area contributed by atoms with Crippen molar-refractivity contribution in [3.05, 3.63) is 176 Å². The maximum absolute atomic E-state index is 5.36. The van der Waals surface area contributed by atoms with Crippen molar-refractivity contribution >= 4 is 43.6 Å². The Hall–Kier alpha value is -6.85.